The van der Waals surface area contributed by atoms with E-state index in [2.05, 4.69) is 6.92 Å². The highest BCUT2D eigenvalue weighted by molar-refractivity contribution is 6.32. The van der Waals surface area contributed by atoms with Crippen molar-refractivity contribution in [1.82, 2.24) is 0 Å². The predicted molar refractivity (Wildman–Crippen MR) is 82.6 cm³/mol. The van der Waals surface area contributed by atoms with Gasteiger partial charge in [-0.2, -0.15) is 0 Å². The molecule has 0 heterocycles. The van der Waals surface area contributed by atoms with Gasteiger partial charge in [-0.15, -0.1) is 0 Å². The standard InChI is InChI=1S/C16H24ClNO2/c1-3-11-5-4-6-13(7-11)20-16-14(17)8-12(10-18)9-15(16)19-2/h8-9,11,13H,3-7,10,18H2,1-2H3. The SMILES string of the molecule is CCC1CCCC(Oc2c(Cl)cc(CN)cc2OC)C1. The zero-order chi connectivity index (χ0) is 14.5. The van der Waals surface area contributed by atoms with E-state index < -0.39 is 0 Å². The molecule has 1 aromatic carbocycles. The normalized spacial score (nSPS) is 22.6. The fraction of sp³-hybridized carbons (Fsp3) is 0.625. The second-order valence-electron chi connectivity index (χ2n) is 5.49. The minimum atomic E-state index is 0.240. The molecule has 0 radical (unpaired) electrons. The molecule has 0 saturated heterocycles. The van der Waals surface area contributed by atoms with Crippen molar-refractivity contribution in [2.75, 3.05) is 7.11 Å². The van der Waals surface area contributed by atoms with Crippen molar-refractivity contribution in [2.45, 2.75) is 51.7 Å². The van der Waals surface area contributed by atoms with Crippen LogP contribution in [-0.2, 0) is 6.54 Å². The molecule has 4 heteroatoms. The Morgan fingerprint density at radius 3 is 2.80 bits per heavy atom. The van der Waals surface area contributed by atoms with E-state index in [1.54, 1.807) is 7.11 Å². The summed E-state index contributed by atoms with van der Waals surface area (Å²) in [5.41, 5.74) is 6.61. The van der Waals surface area contributed by atoms with E-state index in [1.807, 2.05) is 12.1 Å². The Bertz CT molecular complexity index is 450. The maximum absolute atomic E-state index is 6.32. The number of rotatable bonds is 5. The number of methoxy groups -OCH3 is 1. The minimum absolute atomic E-state index is 0.240. The first-order valence-electron chi connectivity index (χ1n) is 7.41. The van der Waals surface area contributed by atoms with E-state index in [4.69, 9.17) is 26.8 Å². The summed E-state index contributed by atoms with van der Waals surface area (Å²) in [4.78, 5) is 0. The van der Waals surface area contributed by atoms with Crippen LogP contribution in [-0.4, -0.2) is 13.2 Å². The maximum atomic E-state index is 6.32. The lowest BCUT2D eigenvalue weighted by molar-refractivity contribution is 0.118. The number of hydrogen-bond acceptors (Lipinski definition) is 3. The van der Waals surface area contributed by atoms with Crippen molar-refractivity contribution >= 4 is 11.6 Å². The zero-order valence-electron chi connectivity index (χ0n) is 12.3. The monoisotopic (exact) mass is 297 g/mol. The summed E-state index contributed by atoms with van der Waals surface area (Å²) >= 11 is 6.32. The Morgan fingerprint density at radius 2 is 2.15 bits per heavy atom. The van der Waals surface area contributed by atoms with E-state index >= 15 is 0 Å². The lowest BCUT2D eigenvalue weighted by atomic mass is 9.85. The summed E-state index contributed by atoms with van der Waals surface area (Å²) in [5.74, 6) is 2.10. The average molecular weight is 298 g/mol. The highest BCUT2D eigenvalue weighted by Crippen LogP contribution is 2.39. The molecule has 1 fully saturated rings. The van der Waals surface area contributed by atoms with Crippen molar-refractivity contribution in [1.29, 1.82) is 0 Å². The summed E-state index contributed by atoms with van der Waals surface area (Å²) in [6, 6.07) is 3.76. The van der Waals surface area contributed by atoms with Gasteiger partial charge in [-0.1, -0.05) is 31.4 Å². The molecule has 0 aliphatic heterocycles. The average Bonchev–Trinajstić information content (AvgIpc) is 2.49. The third-order valence-electron chi connectivity index (χ3n) is 4.12. The van der Waals surface area contributed by atoms with Gasteiger partial charge < -0.3 is 15.2 Å². The quantitative estimate of drug-likeness (QED) is 0.888. The minimum Gasteiger partial charge on any atom is -0.493 e. The van der Waals surface area contributed by atoms with Gasteiger partial charge in [-0.3, -0.25) is 0 Å². The van der Waals surface area contributed by atoms with Gasteiger partial charge >= 0.3 is 0 Å². The Morgan fingerprint density at radius 1 is 1.35 bits per heavy atom. The molecule has 20 heavy (non-hydrogen) atoms. The summed E-state index contributed by atoms with van der Waals surface area (Å²) in [5, 5.41) is 0.587. The molecule has 1 aliphatic rings. The van der Waals surface area contributed by atoms with Gasteiger partial charge in [0.15, 0.2) is 11.5 Å². The van der Waals surface area contributed by atoms with Crippen LogP contribution in [0.25, 0.3) is 0 Å². The van der Waals surface area contributed by atoms with E-state index in [1.165, 1.54) is 19.3 Å². The summed E-state index contributed by atoms with van der Waals surface area (Å²) in [6.07, 6.45) is 6.20. The molecule has 0 amide bonds. The molecule has 2 atom stereocenters. The number of benzene rings is 1. The summed E-state index contributed by atoms with van der Waals surface area (Å²) in [7, 11) is 1.63. The highest BCUT2D eigenvalue weighted by atomic mass is 35.5. The largest absolute Gasteiger partial charge is 0.493 e. The molecule has 2 unspecified atom stereocenters. The van der Waals surface area contributed by atoms with Gasteiger partial charge in [0.25, 0.3) is 0 Å². The first kappa shape index (κ1) is 15.5. The first-order valence-corrected chi connectivity index (χ1v) is 7.78. The number of nitrogens with two attached hydrogens (primary N) is 1. The molecular weight excluding hydrogens is 274 g/mol. The molecule has 0 spiro atoms. The van der Waals surface area contributed by atoms with Crippen LogP contribution in [0, 0.1) is 5.92 Å². The first-order chi connectivity index (χ1) is 9.67. The van der Waals surface area contributed by atoms with Crippen molar-refractivity contribution in [3.05, 3.63) is 22.7 Å². The molecule has 1 aromatic rings. The van der Waals surface area contributed by atoms with Crippen molar-refractivity contribution in [3.8, 4) is 11.5 Å². The van der Waals surface area contributed by atoms with E-state index in [-0.39, 0.29) is 6.10 Å². The van der Waals surface area contributed by atoms with Crippen LogP contribution in [0.5, 0.6) is 11.5 Å². The predicted octanol–water partition coefficient (Wildman–Crippen LogP) is 4.15. The van der Waals surface area contributed by atoms with Crippen LogP contribution in [0.1, 0.15) is 44.6 Å². The van der Waals surface area contributed by atoms with Crippen LogP contribution < -0.4 is 15.2 Å². The fourth-order valence-electron chi connectivity index (χ4n) is 2.89. The lowest BCUT2D eigenvalue weighted by Crippen LogP contribution is -2.25. The lowest BCUT2D eigenvalue weighted by Gasteiger charge is -2.29. The van der Waals surface area contributed by atoms with E-state index in [9.17, 15) is 0 Å². The van der Waals surface area contributed by atoms with Crippen molar-refractivity contribution in [2.24, 2.45) is 11.7 Å². The molecule has 112 valence electrons. The van der Waals surface area contributed by atoms with Crippen LogP contribution in [0.2, 0.25) is 5.02 Å². The zero-order valence-corrected chi connectivity index (χ0v) is 13.1. The van der Waals surface area contributed by atoms with Crippen LogP contribution in [0.3, 0.4) is 0 Å². The Hall–Kier alpha value is -0.930. The second-order valence-corrected chi connectivity index (χ2v) is 5.90. The van der Waals surface area contributed by atoms with Crippen LogP contribution in [0.15, 0.2) is 12.1 Å². The third-order valence-corrected chi connectivity index (χ3v) is 4.40. The van der Waals surface area contributed by atoms with Gasteiger partial charge in [0.05, 0.1) is 18.2 Å². The topological polar surface area (TPSA) is 44.5 Å². The third kappa shape index (κ3) is 3.58. The van der Waals surface area contributed by atoms with Gasteiger partial charge in [0, 0.05) is 6.54 Å². The van der Waals surface area contributed by atoms with Crippen LogP contribution in [0.4, 0.5) is 0 Å². The molecule has 3 nitrogen and oxygen atoms in total. The van der Waals surface area contributed by atoms with E-state index in [0.717, 1.165) is 24.3 Å². The Labute approximate surface area is 126 Å². The van der Waals surface area contributed by atoms with Crippen LogP contribution >= 0.6 is 11.6 Å². The Balaban J connectivity index is 2.15. The maximum Gasteiger partial charge on any atom is 0.180 e. The fourth-order valence-corrected chi connectivity index (χ4v) is 3.17. The number of ether oxygens (including phenoxy) is 2. The molecular formula is C16H24ClNO2. The van der Waals surface area contributed by atoms with Gasteiger partial charge in [-0.05, 0) is 42.9 Å². The molecule has 1 saturated carbocycles. The molecule has 1 aliphatic carbocycles. The van der Waals surface area contributed by atoms with Gasteiger partial charge in [0.2, 0.25) is 0 Å². The Kier molecular flexibility index (Phi) is 5.55. The second kappa shape index (κ2) is 7.19. The summed E-state index contributed by atoms with van der Waals surface area (Å²) < 4.78 is 11.5. The molecule has 0 bridgehead atoms. The smallest absolute Gasteiger partial charge is 0.180 e. The number of hydrogen-bond donors (Lipinski definition) is 1. The van der Waals surface area contributed by atoms with Crippen molar-refractivity contribution in [3.63, 3.8) is 0 Å². The van der Waals surface area contributed by atoms with E-state index in [0.29, 0.717) is 23.1 Å². The van der Waals surface area contributed by atoms with Crippen molar-refractivity contribution < 1.29 is 9.47 Å². The van der Waals surface area contributed by atoms with Gasteiger partial charge in [0.1, 0.15) is 0 Å². The number of halogens is 1. The highest BCUT2D eigenvalue weighted by Gasteiger charge is 2.24. The van der Waals surface area contributed by atoms with Gasteiger partial charge in [-0.25, -0.2) is 0 Å². The molecule has 2 rings (SSSR count). The molecule has 0 aromatic heterocycles. The molecule has 2 N–H and O–H groups in total. The summed E-state index contributed by atoms with van der Waals surface area (Å²) in [6.45, 7) is 2.69.